The standard InChI is InChI=1S/C14H18N4/c1-11-7-15-6-4-12(11)9-18-10-16-8-14(18)13-3-2-5-17-13/h4,6-8,10,13,17H,2-3,5,9H2,1H3/t13-/m0/s1. The Hall–Kier alpha value is -1.68. The summed E-state index contributed by atoms with van der Waals surface area (Å²) in [5.74, 6) is 0. The lowest BCUT2D eigenvalue weighted by Crippen LogP contribution is -2.17. The lowest BCUT2D eigenvalue weighted by Gasteiger charge is -2.14. The van der Waals surface area contributed by atoms with E-state index in [1.165, 1.54) is 29.7 Å². The first kappa shape index (κ1) is 11.4. The summed E-state index contributed by atoms with van der Waals surface area (Å²) < 4.78 is 2.24. The van der Waals surface area contributed by atoms with Crippen LogP contribution in [0.15, 0.2) is 31.0 Å². The van der Waals surface area contributed by atoms with E-state index in [-0.39, 0.29) is 0 Å². The number of imidazole rings is 1. The van der Waals surface area contributed by atoms with Crippen molar-refractivity contribution in [2.24, 2.45) is 0 Å². The third kappa shape index (κ3) is 2.16. The molecule has 0 amide bonds. The molecule has 4 heteroatoms. The van der Waals surface area contributed by atoms with Crippen molar-refractivity contribution in [3.8, 4) is 0 Å². The topological polar surface area (TPSA) is 42.7 Å². The van der Waals surface area contributed by atoms with Gasteiger partial charge in [-0.25, -0.2) is 4.98 Å². The van der Waals surface area contributed by atoms with Crippen molar-refractivity contribution >= 4 is 0 Å². The van der Waals surface area contributed by atoms with E-state index in [0.29, 0.717) is 6.04 Å². The first-order chi connectivity index (χ1) is 8.84. The van der Waals surface area contributed by atoms with Gasteiger partial charge in [-0.3, -0.25) is 4.98 Å². The van der Waals surface area contributed by atoms with E-state index >= 15 is 0 Å². The number of rotatable bonds is 3. The molecule has 3 rings (SSSR count). The number of hydrogen-bond donors (Lipinski definition) is 1. The van der Waals surface area contributed by atoms with Gasteiger partial charge in [-0.2, -0.15) is 0 Å². The highest BCUT2D eigenvalue weighted by atomic mass is 15.1. The molecule has 0 aromatic carbocycles. The monoisotopic (exact) mass is 242 g/mol. The second-order valence-corrected chi connectivity index (χ2v) is 4.90. The minimum Gasteiger partial charge on any atom is -0.329 e. The van der Waals surface area contributed by atoms with Gasteiger partial charge in [0.25, 0.3) is 0 Å². The van der Waals surface area contributed by atoms with E-state index in [9.17, 15) is 0 Å². The maximum absolute atomic E-state index is 4.30. The van der Waals surface area contributed by atoms with Crippen LogP contribution in [0.25, 0.3) is 0 Å². The van der Waals surface area contributed by atoms with Crippen molar-refractivity contribution in [3.05, 3.63) is 47.8 Å². The van der Waals surface area contributed by atoms with Gasteiger partial charge in [-0.05, 0) is 43.5 Å². The summed E-state index contributed by atoms with van der Waals surface area (Å²) in [5.41, 5.74) is 3.84. The van der Waals surface area contributed by atoms with Gasteiger partial charge in [0.1, 0.15) is 0 Å². The molecule has 0 aliphatic carbocycles. The van der Waals surface area contributed by atoms with Crippen LogP contribution in [0.1, 0.15) is 35.7 Å². The summed E-state index contributed by atoms with van der Waals surface area (Å²) in [5, 5.41) is 3.53. The summed E-state index contributed by atoms with van der Waals surface area (Å²) in [6.07, 6.45) is 10.1. The Kier molecular flexibility index (Phi) is 3.11. The molecule has 0 saturated carbocycles. The zero-order valence-electron chi connectivity index (χ0n) is 10.6. The van der Waals surface area contributed by atoms with Gasteiger partial charge in [0.15, 0.2) is 0 Å². The molecule has 2 aromatic heterocycles. The van der Waals surface area contributed by atoms with Gasteiger partial charge in [-0.1, -0.05) is 0 Å². The molecule has 4 nitrogen and oxygen atoms in total. The number of pyridine rings is 1. The molecule has 1 saturated heterocycles. The van der Waals surface area contributed by atoms with E-state index in [2.05, 4.69) is 32.8 Å². The molecule has 0 spiro atoms. The minimum absolute atomic E-state index is 0.467. The Balaban J connectivity index is 1.85. The predicted molar refractivity (Wildman–Crippen MR) is 70.3 cm³/mol. The minimum atomic E-state index is 0.467. The van der Waals surface area contributed by atoms with Crippen molar-refractivity contribution in [1.82, 2.24) is 19.9 Å². The highest BCUT2D eigenvalue weighted by Crippen LogP contribution is 2.23. The molecule has 3 heterocycles. The van der Waals surface area contributed by atoms with Crippen molar-refractivity contribution in [2.45, 2.75) is 32.4 Å². The summed E-state index contributed by atoms with van der Waals surface area (Å²) >= 11 is 0. The number of aromatic nitrogens is 3. The lowest BCUT2D eigenvalue weighted by atomic mass is 10.1. The number of nitrogens with zero attached hydrogens (tertiary/aromatic N) is 3. The van der Waals surface area contributed by atoms with Gasteiger partial charge >= 0.3 is 0 Å². The van der Waals surface area contributed by atoms with Crippen LogP contribution in [0.2, 0.25) is 0 Å². The van der Waals surface area contributed by atoms with Gasteiger partial charge in [0, 0.05) is 31.2 Å². The van der Waals surface area contributed by atoms with Crippen molar-refractivity contribution < 1.29 is 0 Å². The Morgan fingerprint density at radius 2 is 2.33 bits per heavy atom. The summed E-state index contributed by atoms with van der Waals surface area (Å²) in [7, 11) is 0. The quantitative estimate of drug-likeness (QED) is 0.896. The molecule has 2 aromatic rings. The average Bonchev–Trinajstić information content (AvgIpc) is 3.02. The van der Waals surface area contributed by atoms with Crippen LogP contribution < -0.4 is 5.32 Å². The van der Waals surface area contributed by atoms with Crippen molar-refractivity contribution in [3.63, 3.8) is 0 Å². The zero-order chi connectivity index (χ0) is 12.4. The van der Waals surface area contributed by atoms with Crippen LogP contribution in [0, 0.1) is 6.92 Å². The number of aryl methyl sites for hydroxylation is 1. The van der Waals surface area contributed by atoms with Crippen LogP contribution in [-0.4, -0.2) is 21.1 Å². The molecule has 18 heavy (non-hydrogen) atoms. The molecule has 1 aliphatic heterocycles. The van der Waals surface area contributed by atoms with E-state index < -0.39 is 0 Å². The van der Waals surface area contributed by atoms with Crippen LogP contribution in [0.4, 0.5) is 0 Å². The second kappa shape index (κ2) is 4.90. The predicted octanol–water partition coefficient (Wildman–Crippen LogP) is 2.06. The molecule has 1 aliphatic rings. The van der Waals surface area contributed by atoms with Crippen LogP contribution >= 0.6 is 0 Å². The van der Waals surface area contributed by atoms with E-state index in [1.54, 1.807) is 0 Å². The molecule has 1 N–H and O–H groups in total. The number of nitrogens with one attached hydrogen (secondary N) is 1. The molecule has 0 radical (unpaired) electrons. The van der Waals surface area contributed by atoms with Gasteiger partial charge in [0.2, 0.25) is 0 Å². The maximum Gasteiger partial charge on any atom is 0.0951 e. The molecular weight excluding hydrogens is 224 g/mol. The van der Waals surface area contributed by atoms with Crippen molar-refractivity contribution in [2.75, 3.05) is 6.54 Å². The number of hydrogen-bond acceptors (Lipinski definition) is 3. The van der Waals surface area contributed by atoms with Gasteiger partial charge in [0.05, 0.1) is 12.0 Å². The normalized spacial score (nSPS) is 19.3. The molecule has 1 fully saturated rings. The van der Waals surface area contributed by atoms with Gasteiger partial charge < -0.3 is 9.88 Å². The fourth-order valence-corrected chi connectivity index (χ4v) is 2.55. The highest BCUT2D eigenvalue weighted by molar-refractivity contribution is 5.23. The first-order valence-corrected chi connectivity index (χ1v) is 6.47. The molecule has 0 bridgehead atoms. The molecular formula is C14H18N4. The Labute approximate surface area is 107 Å². The summed E-state index contributed by atoms with van der Waals surface area (Å²) in [6.45, 7) is 4.10. The van der Waals surface area contributed by atoms with Crippen molar-refractivity contribution in [1.29, 1.82) is 0 Å². The molecule has 1 atom stereocenters. The molecule has 0 unspecified atom stereocenters. The largest absolute Gasteiger partial charge is 0.329 e. The fourth-order valence-electron chi connectivity index (χ4n) is 2.55. The third-order valence-electron chi connectivity index (χ3n) is 3.64. The van der Waals surface area contributed by atoms with Crippen LogP contribution in [-0.2, 0) is 6.54 Å². The summed E-state index contributed by atoms with van der Waals surface area (Å²) in [6, 6.07) is 2.55. The Morgan fingerprint density at radius 3 is 3.11 bits per heavy atom. The summed E-state index contributed by atoms with van der Waals surface area (Å²) in [4.78, 5) is 8.44. The lowest BCUT2D eigenvalue weighted by molar-refractivity contribution is 0.583. The second-order valence-electron chi connectivity index (χ2n) is 4.90. The maximum atomic E-state index is 4.30. The SMILES string of the molecule is Cc1cnccc1Cn1cncc1[C@@H]1CCCN1. The van der Waals surface area contributed by atoms with E-state index in [0.717, 1.165) is 13.1 Å². The van der Waals surface area contributed by atoms with Crippen LogP contribution in [0.5, 0.6) is 0 Å². The van der Waals surface area contributed by atoms with Gasteiger partial charge in [-0.15, -0.1) is 0 Å². The first-order valence-electron chi connectivity index (χ1n) is 6.47. The smallest absolute Gasteiger partial charge is 0.0951 e. The molecule has 94 valence electrons. The van der Waals surface area contributed by atoms with Crippen LogP contribution in [0.3, 0.4) is 0 Å². The fraction of sp³-hybridized carbons (Fsp3) is 0.429. The Bertz CT molecular complexity index is 526. The third-order valence-corrected chi connectivity index (χ3v) is 3.64. The Morgan fingerprint density at radius 1 is 1.39 bits per heavy atom. The highest BCUT2D eigenvalue weighted by Gasteiger charge is 2.19. The van der Waals surface area contributed by atoms with E-state index in [4.69, 9.17) is 0 Å². The average molecular weight is 242 g/mol. The zero-order valence-corrected chi connectivity index (χ0v) is 10.6. The van der Waals surface area contributed by atoms with E-state index in [1.807, 2.05) is 24.9 Å².